The van der Waals surface area contributed by atoms with Crippen molar-refractivity contribution in [3.63, 3.8) is 0 Å². The van der Waals surface area contributed by atoms with Gasteiger partial charge in [0.05, 0.1) is 18.6 Å². The lowest BCUT2D eigenvalue weighted by Gasteiger charge is -2.40. The molecule has 0 aliphatic carbocycles. The molecule has 0 atom stereocenters. The lowest BCUT2D eigenvalue weighted by molar-refractivity contribution is -0.152. The summed E-state index contributed by atoms with van der Waals surface area (Å²) in [6, 6.07) is 16.9. The fourth-order valence-corrected chi connectivity index (χ4v) is 3.89. The highest BCUT2D eigenvalue weighted by Crippen LogP contribution is 2.36. The van der Waals surface area contributed by atoms with Gasteiger partial charge in [-0.3, -0.25) is 14.5 Å². The minimum absolute atomic E-state index is 0.0920. The van der Waals surface area contributed by atoms with Crippen LogP contribution in [0.25, 0.3) is 0 Å². The molecule has 0 radical (unpaired) electrons. The van der Waals surface area contributed by atoms with E-state index in [-0.39, 0.29) is 18.4 Å². The summed E-state index contributed by atoms with van der Waals surface area (Å²) in [5, 5.41) is 3.45. The third-order valence-electron chi connectivity index (χ3n) is 5.18. The minimum Gasteiger partial charge on any atom is -0.465 e. The Hall–Kier alpha value is -2.37. The number of likely N-dealkylation sites (tertiary alicyclic amines) is 1. The van der Waals surface area contributed by atoms with Gasteiger partial charge >= 0.3 is 5.97 Å². The van der Waals surface area contributed by atoms with Gasteiger partial charge in [0.1, 0.15) is 0 Å². The highest BCUT2D eigenvalue weighted by atomic mass is 35.5. The molecular formula is C22H25ClN2O3. The van der Waals surface area contributed by atoms with Gasteiger partial charge in [0, 0.05) is 23.8 Å². The van der Waals surface area contributed by atoms with Gasteiger partial charge in [-0.05, 0) is 43.5 Å². The SMILES string of the molecule is CCOC(=O)C1(c2ccccc2)CCN(CC(=O)Nc2cccc(Cl)c2)CC1. The molecule has 1 amide bonds. The molecule has 1 N–H and O–H groups in total. The van der Waals surface area contributed by atoms with E-state index in [1.54, 1.807) is 24.3 Å². The van der Waals surface area contributed by atoms with Gasteiger partial charge in [-0.15, -0.1) is 0 Å². The molecule has 0 aromatic heterocycles. The van der Waals surface area contributed by atoms with Crippen molar-refractivity contribution in [3.8, 4) is 0 Å². The predicted octanol–water partition coefficient (Wildman–Crippen LogP) is 3.88. The number of piperidine rings is 1. The quantitative estimate of drug-likeness (QED) is 0.747. The fourth-order valence-electron chi connectivity index (χ4n) is 3.70. The molecule has 1 saturated heterocycles. The maximum Gasteiger partial charge on any atom is 0.316 e. The summed E-state index contributed by atoms with van der Waals surface area (Å²) < 4.78 is 5.40. The van der Waals surface area contributed by atoms with Crippen LogP contribution in [-0.4, -0.2) is 43.0 Å². The van der Waals surface area contributed by atoms with Gasteiger partial charge in [0.15, 0.2) is 0 Å². The van der Waals surface area contributed by atoms with Gasteiger partial charge in [-0.2, -0.15) is 0 Å². The molecule has 1 heterocycles. The summed E-state index contributed by atoms with van der Waals surface area (Å²) >= 11 is 5.96. The summed E-state index contributed by atoms with van der Waals surface area (Å²) in [5.74, 6) is -0.269. The van der Waals surface area contributed by atoms with Gasteiger partial charge in [0.2, 0.25) is 5.91 Å². The Labute approximate surface area is 170 Å². The lowest BCUT2D eigenvalue weighted by Crippen LogP contribution is -2.49. The summed E-state index contributed by atoms with van der Waals surface area (Å²) in [6.45, 7) is 3.76. The van der Waals surface area contributed by atoms with Crippen LogP contribution in [0.1, 0.15) is 25.3 Å². The zero-order valence-electron chi connectivity index (χ0n) is 16.0. The first kappa shape index (κ1) is 20.4. The van der Waals surface area contributed by atoms with E-state index in [2.05, 4.69) is 10.2 Å². The number of benzene rings is 2. The highest BCUT2D eigenvalue weighted by Gasteiger charge is 2.44. The Morgan fingerprint density at radius 3 is 2.46 bits per heavy atom. The summed E-state index contributed by atoms with van der Waals surface area (Å²) in [5.41, 5.74) is 1.02. The van der Waals surface area contributed by atoms with E-state index in [1.165, 1.54) is 0 Å². The second-order valence-corrected chi connectivity index (χ2v) is 7.44. The Balaban J connectivity index is 1.64. The normalized spacial score (nSPS) is 16.4. The van der Waals surface area contributed by atoms with Crippen LogP contribution in [-0.2, 0) is 19.7 Å². The zero-order chi connectivity index (χ0) is 20.0. The maximum atomic E-state index is 12.8. The topological polar surface area (TPSA) is 58.6 Å². The van der Waals surface area contributed by atoms with Gasteiger partial charge in [-0.1, -0.05) is 48.0 Å². The van der Waals surface area contributed by atoms with Gasteiger partial charge < -0.3 is 10.1 Å². The third kappa shape index (κ3) is 4.72. The second kappa shape index (κ2) is 9.22. The molecule has 148 valence electrons. The molecule has 6 heteroatoms. The first-order valence-electron chi connectivity index (χ1n) is 9.54. The van der Waals surface area contributed by atoms with E-state index >= 15 is 0 Å². The number of carbonyl (C=O) groups is 2. The van der Waals surface area contributed by atoms with Crippen molar-refractivity contribution in [2.45, 2.75) is 25.2 Å². The molecule has 0 bridgehead atoms. The second-order valence-electron chi connectivity index (χ2n) is 7.00. The van der Waals surface area contributed by atoms with Gasteiger partial charge in [-0.25, -0.2) is 0 Å². The predicted molar refractivity (Wildman–Crippen MR) is 111 cm³/mol. The molecule has 0 unspecified atom stereocenters. The molecule has 1 aliphatic rings. The Bertz CT molecular complexity index is 818. The fraction of sp³-hybridized carbons (Fsp3) is 0.364. The first-order chi connectivity index (χ1) is 13.5. The number of hydrogen-bond acceptors (Lipinski definition) is 4. The first-order valence-corrected chi connectivity index (χ1v) is 9.92. The van der Waals surface area contributed by atoms with Crippen LogP contribution in [0.4, 0.5) is 5.69 Å². The van der Waals surface area contributed by atoms with Crippen molar-refractivity contribution < 1.29 is 14.3 Å². The number of nitrogens with zero attached hydrogens (tertiary/aromatic N) is 1. The van der Waals surface area contributed by atoms with E-state index in [4.69, 9.17) is 16.3 Å². The van der Waals surface area contributed by atoms with Crippen LogP contribution in [0.15, 0.2) is 54.6 Å². The number of esters is 1. The van der Waals surface area contributed by atoms with Crippen molar-refractivity contribution >= 4 is 29.2 Å². The van der Waals surface area contributed by atoms with E-state index in [0.717, 1.165) is 5.56 Å². The van der Waals surface area contributed by atoms with Crippen LogP contribution >= 0.6 is 11.6 Å². The molecule has 0 saturated carbocycles. The number of rotatable bonds is 6. The standard InChI is InChI=1S/C22H25ClN2O3/c1-2-28-21(27)22(17-7-4-3-5-8-17)11-13-25(14-12-22)16-20(26)24-19-10-6-9-18(23)15-19/h3-10,15H,2,11-14,16H2,1H3,(H,24,26). The molecule has 1 aliphatic heterocycles. The van der Waals surface area contributed by atoms with Crippen molar-refractivity contribution in [2.75, 3.05) is 31.6 Å². The van der Waals surface area contributed by atoms with Gasteiger partial charge in [0.25, 0.3) is 0 Å². The summed E-state index contributed by atoms with van der Waals surface area (Å²) in [7, 11) is 0. The molecule has 2 aromatic carbocycles. The zero-order valence-corrected chi connectivity index (χ0v) is 16.7. The lowest BCUT2D eigenvalue weighted by atomic mass is 9.72. The minimum atomic E-state index is -0.642. The van der Waals surface area contributed by atoms with E-state index < -0.39 is 5.41 Å². The van der Waals surface area contributed by atoms with E-state index in [9.17, 15) is 9.59 Å². The number of nitrogens with one attached hydrogen (secondary N) is 1. The molecule has 28 heavy (non-hydrogen) atoms. The highest BCUT2D eigenvalue weighted by molar-refractivity contribution is 6.30. The van der Waals surface area contributed by atoms with Crippen LogP contribution in [0, 0.1) is 0 Å². The number of hydrogen-bond donors (Lipinski definition) is 1. The molecule has 1 fully saturated rings. The number of amides is 1. The smallest absolute Gasteiger partial charge is 0.316 e. The van der Waals surface area contributed by atoms with Crippen LogP contribution in [0.5, 0.6) is 0 Å². The van der Waals surface area contributed by atoms with Crippen LogP contribution in [0.3, 0.4) is 0 Å². The van der Waals surface area contributed by atoms with Crippen molar-refractivity contribution in [1.29, 1.82) is 0 Å². The Kier molecular flexibility index (Phi) is 6.70. The summed E-state index contributed by atoms with van der Waals surface area (Å²) in [6.07, 6.45) is 1.25. The molecule has 3 rings (SSSR count). The van der Waals surface area contributed by atoms with Crippen molar-refractivity contribution in [1.82, 2.24) is 4.90 Å². The van der Waals surface area contributed by atoms with Crippen molar-refractivity contribution in [2.24, 2.45) is 0 Å². The molecular weight excluding hydrogens is 376 g/mol. The monoisotopic (exact) mass is 400 g/mol. The number of carbonyl (C=O) groups excluding carboxylic acids is 2. The summed E-state index contributed by atoms with van der Waals surface area (Å²) in [4.78, 5) is 27.2. The Morgan fingerprint density at radius 2 is 1.82 bits per heavy atom. The average Bonchev–Trinajstić information content (AvgIpc) is 2.69. The van der Waals surface area contributed by atoms with Crippen LogP contribution in [0.2, 0.25) is 5.02 Å². The van der Waals surface area contributed by atoms with Crippen LogP contribution < -0.4 is 5.32 Å². The average molecular weight is 401 g/mol. The number of ether oxygens (including phenoxy) is 1. The number of anilines is 1. The third-order valence-corrected chi connectivity index (χ3v) is 5.41. The maximum absolute atomic E-state index is 12.8. The Morgan fingerprint density at radius 1 is 1.11 bits per heavy atom. The molecule has 5 nitrogen and oxygen atoms in total. The van der Waals surface area contributed by atoms with Crippen molar-refractivity contribution in [3.05, 3.63) is 65.2 Å². The van der Waals surface area contributed by atoms with E-state index in [0.29, 0.717) is 43.2 Å². The van der Waals surface area contributed by atoms with E-state index in [1.807, 2.05) is 37.3 Å². The molecule has 2 aromatic rings. The number of halogens is 1. The molecule has 0 spiro atoms. The largest absolute Gasteiger partial charge is 0.465 e.